The Balaban J connectivity index is 0.00000218. The van der Waals surface area contributed by atoms with Gasteiger partial charge in [-0.05, 0) is 29.8 Å². The first kappa shape index (κ1) is 25.7. The van der Waals surface area contributed by atoms with Gasteiger partial charge in [0, 0.05) is 13.5 Å². The molecule has 0 aliphatic carbocycles. The molecular formula is C24H34N3O2P. The average Bonchev–Trinajstić information content (AvgIpc) is 2.75. The maximum atomic E-state index is 12.2. The molecule has 1 aromatic heterocycles. The Morgan fingerprint density at radius 2 is 1.93 bits per heavy atom. The lowest BCUT2D eigenvalue weighted by atomic mass is 10.1. The van der Waals surface area contributed by atoms with Crippen LogP contribution >= 0.6 is 9.24 Å². The van der Waals surface area contributed by atoms with Crippen molar-refractivity contribution in [2.75, 3.05) is 25.6 Å². The minimum Gasteiger partial charge on any atom is -0.381 e. The summed E-state index contributed by atoms with van der Waals surface area (Å²) >= 11 is 0. The third-order valence-corrected chi connectivity index (χ3v) is 4.45. The Kier molecular flexibility index (Phi) is 12.5. The van der Waals surface area contributed by atoms with E-state index in [-0.39, 0.29) is 12.3 Å². The summed E-state index contributed by atoms with van der Waals surface area (Å²) in [5.74, 6) is 0.741. The van der Waals surface area contributed by atoms with Crippen LogP contribution in [0.5, 0.6) is 0 Å². The third-order valence-electron chi connectivity index (χ3n) is 4.06. The maximum absolute atomic E-state index is 12.2. The molecule has 162 valence electrons. The number of rotatable bonds is 10. The van der Waals surface area contributed by atoms with Gasteiger partial charge in [-0.3, -0.25) is 4.79 Å². The second-order valence-electron chi connectivity index (χ2n) is 6.43. The van der Waals surface area contributed by atoms with Crippen molar-refractivity contribution < 1.29 is 9.53 Å². The maximum Gasteiger partial charge on any atom is 0.156 e. The van der Waals surface area contributed by atoms with Gasteiger partial charge in [0.1, 0.15) is 5.82 Å². The number of methoxy groups -OCH3 is 1. The van der Waals surface area contributed by atoms with E-state index in [1.165, 1.54) is 0 Å². The smallest absolute Gasteiger partial charge is 0.156 e. The van der Waals surface area contributed by atoms with Crippen LogP contribution in [0.4, 0.5) is 5.82 Å². The monoisotopic (exact) mass is 427 g/mol. The molecule has 1 N–H and O–H groups in total. The molecular weight excluding hydrogens is 393 g/mol. The van der Waals surface area contributed by atoms with Gasteiger partial charge in [-0.2, -0.15) is 0 Å². The topological polar surface area (TPSA) is 64.1 Å². The van der Waals surface area contributed by atoms with E-state index < -0.39 is 0 Å². The Labute approximate surface area is 183 Å². The molecule has 0 bridgehead atoms. The molecule has 0 fully saturated rings. The van der Waals surface area contributed by atoms with Crippen LogP contribution in [0.25, 0.3) is 5.57 Å². The molecule has 0 aliphatic heterocycles. The number of allylic oxidation sites excluding steroid dienone is 3. The van der Waals surface area contributed by atoms with Crippen LogP contribution in [-0.2, 0) is 16.0 Å². The highest BCUT2D eigenvalue weighted by atomic mass is 31.0. The number of hydrogen-bond acceptors (Lipinski definition) is 5. The van der Waals surface area contributed by atoms with E-state index in [2.05, 4.69) is 37.5 Å². The van der Waals surface area contributed by atoms with E-state index in [1.807, 2.05) is 57.2 Å². The molecule has 0 aliphatic rings. The SMILES string of the molecule is CC.CC/C=C(\C=C/COC)c1cnc(NCC(=O)Cc2ccc(P)cc2)c(C)n1. The lowest BCUT2D eigenvalue weighted by Gasteiger charge is -2.10. The van der Waals surface area contributed by atoms with Crippen LogP contribution in [0.2, 0.25) is 0 Å². The summed E-state index contributed by atoms with van der Waals surface area (Å²) in [6.07, 6.45) is 9.08. The number of carbonyl (C=O) groups is 1. The normalized spacial score (nSPS) is 11.2. The van der Waals surface area contributed by atoms with Crippen LogP contribution in [0.3, 0.4) is 0 Å². The molecule has 0 amide bonds. The molecule has 1 heterocycles. The van der Waals surface area contributed by atoms with Gasteiger partial charge >= 0.3 is 0 Å². The number of nitrogens with one attached hydrogen (secondary N) is 1. The number of nitrogens with zero attached hydrogens (tertiary/aromatic N) is 2. The van der Waals surface area contributed by atoms with Crippen LogP contribution in [0.1, 0.15) is 44.1 Å². The summed E-state index contributed by atoms with van der Waals surface area (Å²) in [7, 11) is 4.30. The first-order valence-electron chi connectivity index (χ1n) is 10.3. The van der Waals surface area contributed by atoms with Gasteiger partial charge in [0.25, 0.3) is 0 Å². The fraction of sp³-hybridized carbons (Fsp3) is 0.375. The first-order valence-corrected chi connectivity index (χ1v) is 10.9. The second kappa shape index (κ2) is 14.6. The zero-order chi connectivity index (χ0) is 22.4. The van der Waals surface area contributed by atoms with Gasteiger partial charge in [-0.25, -0.2) is 9.97 Å². The zero-order valence-corrected chi connectivity index (χ0v) is 19.9. The van der Waals surface area contributed by atoms with Crippen molar-refractivity contribution in [3.8, 4) is 0 Å². The van der Waals surface area contributed by atoms with Crippen molar-refractivity contribution in [2.45, 2.75) is 40.5 Å². The predicted molar refractivity (Wildman–Crippen MR) is 130 cm³/mol. The highest BCUT2D eigenvalue weighted by Gasteiger charge is 2.09. The second-order valence-corrected chi connectivity index (χ2v) is 7.09. The van der Waals surface area contributed by atoms with Crippen molar-refractivity contribution in [1.29, 1.82) is 0 Å². The van der Waals surface area contributed by atoms with Gasteiger partial charge in [0.2, 0.25) is 0 Å². The number of aromatic nitrogens is 2. The van der Waals surface area contributed by atoms with Crippen molar-refractivity contribution in [2.24, 2.45) is 0 Å². The standard InChI is InChI=1S/C22H28N3O2P.C2H6/c1-4-6-18(7-5-12-27-3)21-15-24-22(16(2)25-21)23-14-19(26)13-17-8-10-20(28)11-9-17;1-2/h5-11,15H,4,12-14,28H2,1-3H3,(H,23,24);1-2H3/b7-5-,18-6+;. The van der Waals surface area contributed by atoms with Crippen molar-refractivity contribution in [3.05, 3.63) is 65.6 Å². The van der Waals surface area contributed by atoms with E-state index in [0.29, 0.717) is 18.8 Å². The summed E-state index contributed by atoms with van der Waals surface area (Å²) in [6.45, 7) is 8.75. The minimum atomic E-state index is 0.107. The number of ether oxygens (including phenoxy) is 1. The lowest BCUT2D eigenvalue weighted by Crippen LogP contribution is -2.18. The number of ketones is 1. The van der Waals surface area contributed by atoms with Crippen LogP contribution < -0.4 is 10.6 Å². The highest BCUT2D eigenvalue weighted by Crippen LogP contribution is 2.17. The molecule has 30 heavy (non-hydrogen) atoms. The van der Waals surface area contributed by atoms with Crippen molar-refractivity contribution in [3.63, 3.8) is 0 Å². The largest absolute Gasteiger partial charge is 0.381 e. The Bertz CT molecular complexity index is 846. The first-order chi connectivity index (χ1) is 14.5. The fourth-order valence-corrected chi connectivity index (χ4v) is 2.84. The molecule has 6 heteroatoms. The van der Waals surface area contributed by atoms with Gasteiger partial charge in [0.05, 0.1) is 30.7 Å². The number of aryl methyl sites for hydroxylation is 1. The Morgan fingerprint density at radius 1 is 1.23 bits per heavy atom. The average molecular weight is 428 g/mol. The van der Waals surface area contributed by atoms with Gasteiger partial charge in [-0.15, -0.1) is 9.24 Å². The number of benzene rings is 1. The molecule has 0 spiro atoms. The van der Waals surface area contributed by atoms with Gasteiger partial charge in [0.15, 0.2) is 5.78 Å². The van der Waals surface area contributed by atoms with Gasteiger partial charge < -0.3 is 10.1 Å². The summed E-state index contributed by atoms with van der Waals surface area (Å²) in [5, 5.41) is 4.22. The van der Waals surface area contributed by atoms with Crippen molar-refractivity contribution >= 4 is 31.7 Å². The predicted octanol–water partition coefficient (Wildman–Crippen LogP) is 4.53. The van der Waals surface area contributed by atoms with E-state index in [1.54, 1.807) is 13.3 Å². The van der Waals surface area contributed by atoms with Crippen molar-refractivity contribution in [1.82, 2.24) is 9.97 Å². The molecule has 1 aromatic carbocycles. The molecule has 0 saturated heterocycles. The quantitative estimate of drug-likeness (QED) is 0.446. The summed E-state index contributed by atoms with van der Waals surface area (Å²) in [6, 6.07) is 7.91. The molecule has 2 aromatic rings. The van der Waals surface area contributed by atoms with E-state index >= 15 is 0 Å². The third kappa shape index (κ3) is 8.98. The Morgan fingerprint density at radius 3 is 2.53 bits per heavy atom. The number of hydrogen-bond donors (Lipinski definition) is 1. The van der Waals surface area contributed by atoms with Crippen LogP contribution in [-0.4, -0.2) is 36.0 Å². The van der Waals surface area contributed by atoms with Crippen LogP contribution in [0, 0.1) is 6.92 Å². The lowest BCUT2D eigenvalue weighted by molar-refractivity contribution is -0.116. The summed E-state index contributed by atoms with van der Waals surface area (Å²) in [5.41, 5.74) is 3.59. The molecule has 0 radical (unpaired) electrons. The number of carbonyl (C=O) groups excluding carboxylic acids is 1. The molecule has 5 nitrogen and oxygen atoms in total. The Hall–Kier alpha value is -2.36. The molecule has 1 unspecified atom stereocenters. The van der Waals surface area contributed by atoms with Crippen LogP contribution in [0.15, 0.2) is 48.7 Å². The summed E-state index contributed by atoms with van der Waals surface area (Å²) < 4.78 is 5.06. The minimum absolute atomic E-state index is 0.107. The van der Waals surface area contributed by atoms with E-state index in [9.17, 15) is 4.79 Å². The van der Waals surface area contributed by atoms with Gasteiger partial charge in [-0.1, -0.05) is 63.3 Å². The van der Waals surface area contributed by atoms with E-state index in [0.717, 1.165) is 34.2 Å². The molecule has 2 rings (SSSR count). The highest BCUT2D eigenvalue weighted by molar-refractivity contribution is 7.27. The number of Topliss-reactive ketones (excluding diaryl/α,β-unsaturated/α-hetero) is 1. The summed E-state index contributed by atoms with van der Waals surface area (Å²) in [4.78, 5) is 21.4. The molecule has 1 atom stereocenters. The number of anilines is 1. The van der Waals surface area contributed by atoms with E-state index in [4.69, 9.17) is 4.74 Å². The fourth-order valence-electron chi connectivity index (χ4n) is 2.65. The zero-order valence-electron chi connectivity index (χ0n) is 18.7. The molecule has 0 saturated carbocycles.